The van der Waals surface area contributed by atoms with Gasteiger partial charge in [-0.05, 0) is 56.4 Å². The highest BCUT2D eigenvalue weighted by molar-refractivity contribution is 5.89. The second kappa shape index (κ2) is 9.61. The zero-order valence-electron chi connectivity index (χ0n) is 18.1. The number of amides is 1. The predicted molar refractivity (Wildman–Crippen MR) is 121 cm³/mol. The topological polar surface area (TPSA) is 57.3 Å². The SMILES string of the molecule is Cc1ccc(NC2(C(=O)NC3CCN(Cc4cccnc4)CC3)CCCCC2)cc1. The number of anilines is 1. The van der Waals surface area contributed by atoms with Gasteiger partial charge in [0, 0.05) is 43.8 Å². The van der Waals surface area contributed by atoms with Crippen LogP contribution in [0.4, 0.5) is 5.69 Å². The Labute approximate surface area is 180 Å². The molecule has 1 aromatic heterocycles. The zero-order valence-corrected chi connectivity index (χ0v) is 18.1. The number of nitrogens with one attached hydrogen (secondary N) is 2. The highest BCUT2D eigenvalue weighted by Crippen LogP contribution is 2.32. The molecule has 2 fully saturated rings. The third kappa shape index (κ3) is 5.20. The average Bonchev–Trinajstić information content (AvgIpc) is 2.78. The monoisotopic (exact) mass is 406 g/mol. The van der Waals surface area contributed by atoms with E-state index < -0.39 is 5.54 Å². The number of nitrogens with zero attached hydrogens (tertiary/aromatic N) is 2. The van der Waals surface area contributed by atoms with Gasteiger partial charge in [-0.3, -0.25) is 14.7 Å². The number of hydrogen-bond donors (Lipinski definition) is 2. The Hall–Kier alpha value is -2.40. The molecule has 0 unspecified atom stereocenters. The lowest BCUT2D eigenvalue weighted by Gasteiger charge is -2.40. The van der Waals surface area contributed by atoms with Crippen LogP contribution in [0.2, 0.25) is 0 Å². The highest BCUT2D eigenvalue weighted by Gasteiger charge is 2.40. The van der Waals surface area contributed by atoms with Crippen molar-refractivity contribution in [2.24, 2.45) is 0 Å². The molecule has 2 N–H and O–H groups in total. The molecule has 1 aromatic carbocycles. The molecule has 160 valence electrons. The molecular formula is C25H34N4O. The third-order valence-electron chi connectivity index (χ3n) is 6.63. The molecule has 2 heterocycles. The zero-order chi connectivity index (χ0) is 20.8. The second-order valence-corrected chi connectivity index (χ2v) is 9.02. The molecule has 0 radical (unpaired) electrons. The number of pyridine rings is 1. The first-order chi connectivity index (χ1) is 14.6. The van der Waals surface area contributed by atoms with Crippen molar-refractivity contribution in [1.29, 1.82) is 0 Å². The van der Waals surface area contributed by atoms with E-state index in [0.29, 0.717) is 0 Å². The lowest BCUT2D eigenvalue weighted by atomic mass is 9.80. The van der Waals surface area contributed by atoms with E-state index in [4.69, 9.17) is 0 Å². The van der Waals surface area contributed by atoms with Gasteiger partial charge in [0.25, 0.3) is 0 Å². The number of carbonyl (C=O) groups is 1. The molecule has 0 bridgehead atoms. The number of aromatic nitrogens is 1. The van der Waals surface area contributed by atoms with Crippen LogP contribution in [0.1, 0.15) is 56.1 Å². The number of hydrogen-bond acceptors (Lipinski definition) is 4. The molecule has 30 heavy (non-hydrogen) atoms. The van der Waals surface area contributed by atoms with Crippen molar-refractivity contribution in [2.75, 3.05) is 18.4 Å². The van der Waals surface area contributed by atoms with Crippen LogP contribution >= 0.6 is 0 Å². The summed E-state index contributed by atoms with van der Waals surface area (Å²) in [4.78, 5) is 20.1. The maximum atomic E-state index is 13.4. The van der Waals surface area contributed by atoms with Gasteiger partial charge < -0.3 is 10.6 Å². The van der Waals surface area contributed by atoms with E-state index in [1.54, 1.807) is 0 Å². The number of likely N-dealkylation sites (tertiary alicyclic amines) is 1. The van der Waals surface area contributed by atoms with Crippen LogP contribution in [-0.2, 0) is 11.3 Å². The number of benzene rings is 1. The maximum Gasteiger partial charge on any atom is 0.245 e. The summed E-state index contributed by atoms with van der Waals surface area (Å²) in [5.41, 5.74) is 3.06. The molecule has 1 amide bonds. The maximum absolute atomic E-state index is 13.4. The van der Waals surface area contributed by atoms with Crippen LogP contribution in [-0.4, -0.2) is 40.5 Å². The van der Waals surface area contributed by atoms with E-state index >= 15 is 0 Å². The van der Waals surface area contributed by atoms with E-state index in [1.807, 2.05) is 18.5 Å². The van der Waals surface area contributed by atoms with Gasteiger partial charge >= 0.3 is 0 Å². The number of carbonyl (C=O) groups excluding carboxylic acids is 1. The molecule has 1 saturated heterocycles. The Balaban J connectivity index is 1.34. The van der Waals surface area contributed by atoms with Gasteiger partial charge in [0.1, 0.15) is 5.54 Å². The largest absolute Gasteiger partial charge is 0.371 e. The van der Waals surface area contributed by atoms with Gasteiger partial charge in [0.2, 0.25) is 5.91 Å². The fourth-order valence-corrected chi connectivity index (χ4v) is 4.79. The van der Waals surface area contributed by atoms with E-state index in [1.165, 1.54) is 17.5 Å². The second-order valence-electron chi connectivity index (χ2n) is 9.02. The highest BCUT2D eigenvalue weighted by atomic mass is 16.2. The first-order valence-electron chi connectivity index (χ1n) is 11.4. The molecule has 2 aliphatic rings. The fourth-order valence-electron chi connectivity index (χ4n) is 4.79. The van der Waals surface area contributed by atoms with Crippen molar-refractivity contribution in [3.8, 4) is 0 Å². The molecule has 1 saturated carbocycles. The molecule has 0 spiro atoms. The summed E-state index contributed by atoms with van der Waals surface area (Å²) in [6.07, 6.45) is 11.0. The van der Waals surface area contributed by atoms with Crippen molar-refractivity contribution in [3.63, 3.8) is 0 Å². The molecule has 1 aliphatic heterocycles. The van der Waals surface area contributed by atoms with Crippen molar-refractivity contribution in [3.05, 3.63) is 59.9 Å². The number of rotatable bonds is 6. The van der Waals surface area contributed by atoms with Crippen molar-refractivity contribution < 1.29 is 4.79 Å². The van der Waals surface area contributed by atoms with E-state index in [9.17, 15) is 4.79 Å². The standard InChI is InChI=1S/C25H34N4O/c1-20-7-9-23(10-8-20)28-25(13-3-2-4-14-25)24(30)27-22-11-16-29(17-12-22)19-21-6-5-15-26-18-21/h5-10,15,18,22,28H,2-4,11-14,16-17,19H2,1H3,(H,27,30). The smallest absolute Gasteiger partial charge is 0.245 e. The predicted octanol–water partition coefficient (Wildman–Crippen LogP) is 4.29. The van der Waals surface area contributed by atoms with Gasteiger partial charge in [-0.2, -0.15) is 0 Å². The number of aryl methyl sites for hydroxylation is 1. The Kier molecular flexibility index (Phi) is 6.68. The summed E-state index contributed by atoms with van der Waals surface area (Å²) >= 11 is 0. The summed E-state index contributed by atoms with van der Waals surface area (Å²) in [7, 11) is 0. The molecular weight excluding hydrogens is 372 g/mol. The summed E-state index contributed by atoms with van der Waals surface area (Å²) in [5.74, 6) is 0.188. The Morgan fingerprint density at radius 1 is 1.10 bits per heavy atom. The summed E-state index contributed by atoms with van der Waals surface area (Å²) in [6, 6.07) is 12.8. The third-order valence-corrected chi connectivity index (χ3v) is 6.63. The van der Waals surface area contributed by atoms with Crippen LogP contribution in [0.3, 0.4) is 0 Å². The van der Waals surface area contributed by atoms with E-state index in [0.717, 1.165) is 63.8 Å². The molecule has 4 rings (SSSR count). The summed E-state index contributed by atoms with van der Waals surface area (Å²) < 4.78 is 0. The molecule has 5 heteroatoms. The van der Waals surface area contributed by atoms with Crippen LogP contribution in [0.15, 0.2) is 48.8 Å². The molecule has 2 aromatic rings. The molecule has 5 nitrogen and oxygen atoms in total. The van der Waals surface area contributed by atoms with Gasteiger partial charge in [-0.1, -0.05) is 43.0 Å². The van der Waals surface area contributed by atoms with E-state index in [2.05, 4.69) is 57.8 Å². The van der Waals surface area contributed by atoms with Gasteiger partial charge in [-0.15, -0.1) is 0 Å². The van der Waals surface area contributed by atoms with Crippen LogP contribution in [0.5, 0.6) is 0 Å². The van der Waals surface area contributed by atoms with Crippen LogP contribution in [0, 0.1) is 6.92 Å². The van der Waals surface area contributed by atoms with Crippen molar-refractivity contribution in [1.82, 2.24) is 15.2 Å². The minimum Gasteiger partial charge on any atom is -0.371 e. The Bertz CT molecular complexity index is 807. The van der Waals surface area contributed by atoms with Gasteiger partial charge in [0.15, 0.2) is 0 Å². The normalized spacial score (nSPS) is 19.9. The Morgan fingerprint density at radius 2 is 1.83 bits per heavy atom. The van der Waals surface area contributed by atoms with Crippen LogP contribution in [0.25, 0.3) is 0 Å². The quantitative estimate of drug-likeness (QED) is 0.752. The minimum atomic E-state index is -0.472. The van der Waals surface area contributed by atoms with Crippen molar-refractivity contribution >= 4 is 11.6 Å². The molecule has 1 aliphatic carbocycles. The van der Waals surface area contributed by atoms with E-state index in [-0.39, 0.29) is 11.9 Å². The lowest BCUT2D eigenvalue weighted by molar-refractivity contribution is -0.127. The Morgan fingerprint density at radius 3 is 2.50 bits per heavy atom. The van der Waals surface area contributed by atoms with Crippen LogP contribution < -0.4 is 10.6 Å². The fraction of sp³-hybridized carbons (Fsp3) is 0.520. The van der Waals surface area contributed by atoms with Gasteiger partial charge in [0.05, 0.1) is 0 Å². The van der Waals surface area contributed by atoms with Gasteiger partial charge in [-0.25, -0.2) is 0 Å². The summed E-state index contributed by atoms with van der Waals surface area (Å²) in [5, 5.41) is 7.03. The molecule has 0 atom stereocenters. The lowest BCUT2D eigenvalue weighted by Crippen LogP contribution is -2.57. The minimum absolute atomic E-state index is 0.188. The first kappa shape index (κ1) is 20.9. The van der Waals surface area contributed by atoms with Crippen molar-refractivity contribution in [2.45, 2.75) is 70.0 Å². The summed E-state index contributed by atoms with van der Waals surface area (Å²) in [6.45, 7) is 5.05. The number of piperidine rings is 1. The average molecular weight is 407 g/mol. The first-order valence-corrected chi connectivity index (χ1v) is 11.4.